The summed E-state index contributed by atoms with van der Waals surface area (Å²) in [5.74, 6) is 0.394. The highest BCUT2D eigenvalue weighted by Crippen LogP contribution is 2.44. The zero-order valence-corrected chi connectivity index (χ0v) is 20.8. The highest BCUT2D eigenvalue weighted by molar-refractivity contribution is 7.20. The van der Waals surface area contributed by atoms with Crippen LogP contribution in [0.5, 0.6) is 0 Å². The fourth-order valence-electron chi connectivity index (χ4n) is 5.25. The van der Waals surface area contributed by atoms with Gasteiger partial charge in [-0.2, -0.15) is 0 Å². The topological polar surface area (TPSA) is 92.7 Å². The van der Waals surface area contributed by atoms with Crippen LogP contribution in [0.4, 0.5) is 15.9 Å². The predicted molar refractivity (Wildman–Crippen MR) is 135 cm³/mol. The van der Waals surface area contributed by atoms with E-state index in [2.05, 4.69) is 30.1 Å². The predicted octanol–water partition coefficient (Wildman–Crippen LogP) is 3.09. The van der Waals surface area contributed by atoms with E-state index in [0.717, 1.165) is 63.4 Å². The van der Waals surface area contributed by atoms with Crippen LogP contribution < -0.4 is 10.2 Å². The number of aromatic nitrogens is 3. The lowest BCUT2D eigenvalue weighted by molar-refractivity contribution is 0.0367. The van der Waals surface area contributed by atoms with Gasteiger partial charge in [-0.1, -0.05) is 11.3 Å². The second kappa shape index (κ2) is 10.3. The first-order chi connectivity index (χ1) is 17.7. The Morgan fingerprint density at radius 3 is 2.78 bits per heavy atom. The normalized spacial score (nSPS) is 21.1. The van der Waals surface area contributed by atoms with Crippen molar-refractivity contribution >= 4 is 39.1 Å². The standard InChI is InChI=1S/C25H29FN6O3S/c26-17-1-2-20-19(13-17)16(3-6-31-7-11-35-12-8-31)14-32(20)22-21-24(28-15-27-22)36-25(30-21)23(33)29-18-4-9-34-10-5-18/h1-2,13,15-16,18H,3-12,14H2,(H,29,33). The fourth-order valence-corrected chi connectivity index (χ4v) is 6.06. The first-order valence-corrected chi connectivity index (χ1v) is 13.3. The minimum atomic E-state index is -0.236. The molecule has 0 aliphatic carbocycles. The van der Waals surface area contributed by atoms with E-state index >= 15 is 0 Å². The molecule has 1 aromatic carbocycles. The molecular weight excluding hydrogens is 483 g/mol. The van der Waals surface area contributed by atoms with Crippen molar-refractivity contribution in [2.24, 2.45) is 0 Å². The molecule has 2 saturated heterocycles. The molecule has 1 N–H and O–H groups in total. The molecule has 3 aliphatic rings. The van der Waals surface area contributed by atoms with Gasteiger partial charge in [0.2, 0.25) is 0 Å². The van der Waals surface area contributed by atoms with Gasteiger partial charge < -0.3 is 19.7 Å². The van der Waals surface area contributed by atoms with Gasteiger partial charge in [-0.25, -0.2) is 19.3 Å². The highest BCUT2D eigenvalue weighted by atomic mass is 32.1. The fraction of sp³-hybridized carbons (Fsp3) is 0.520. The summed E-state index contributed by atoms with van der Waals surface area (Å²) in [6, 6.07) is 5.04. The number of halogens is 1. The summed E-state index contributed by atoms with van der Waals surface area (Å²) < 4.78 is 25.1. The molecule has 190 valence electrons. The van der Waals surface area contributed by atoms with Crippen LogP contribution in [-0.2, 0) is 9.47 Å². The number of carbonyl (C=O) groups is 1. The number of amides is 1. The van der Waals surface area contributed by atoms with E-state index in [-0.39, 0.29) is 23.7 Å². The summed E-state index contributed by atoms with van der Waals surface area (Å²) in [5.41, 5.74) is 2.52. The van der Waals surface area contributed by atoms with Crippen molar-refractivity contribution < 1.29 is 18.7 Å². The van der Waals surface area contributed by atoms with E-state index in [1.54, 1.807) is 6.07 Å². The molecule has 2 aromatic heterocycles. The van der Waals surface area contributed by atoms with E-state index in [1.165, 1.54) is 23.7 Å². The van der Waals surface area contributed by atoms with Gasteiger partial charge in [0, 0.05) is 50.5 Å². The lowest BCUT2D eigenvalue weighted by Gasteiger charge is -2.27. The average molecular weight is 513 g/mol. The first kappa shape index (κ1) is 23.7. The summed E-state index contributed by atoms with van der Waals surface area (Å²) in [6.45, 7) is 6.29. The summed E-state index contributed by atoms with van der Waals surface area (Å²) >= 11 is 1.27. The number of thiazole rings is 1. The van der Waals surface area contributed by atoms with Gasteiger partial charge >= 0.3 is 0 Å². The van der Waals surface area contributed by atoms with Crippen LogP contribution in [0.15, 0.2) is 24.5 Å². The van der Waals surface area contributed by atoms with Gasteiger partial charge in [0.1, 0.15) is 22.5 Å². The van der Waals surface area contributed by atoms with Crippen LogP contribution >= 0.6 is 11.3 Å². The number of nitrogens with one attached hydrogen (secondary N) is 1. The third kappa shape index (κ3) is 4.80. The van der Waals surface area contributed by atoms with Gasteiger partial charge in [-0.15, -0.1) is 0 Å². The Hall–Kier alpha value is -2.73. The molecule has 36 heavy (non-hydrogen) atoms. The molecule has 1 amide bonds. The molecule has 3 aromatic rings. The number of morpholine rings is 1. The largest absolute Gasteiger partial charge is 0.381 e. The van der Waals surface area contributed by atoms with E-state index in [1.807, 2.05) is 6.07 Å². The van der Waals surface area contributed by atoms with Crippen LogP contribution in [0.25, 0.3) is 10.3 Å². The van der Waals surface area contributed by atoms with Gasteiger partial charge in [0.15, 0.2) is 10.8 Å². The molecule has 0 radical (unpaired) electrons. The first-order valence-electron chi connectivity index (χ1n) is 12.5. The molecule has 0 spiro atoms. The van der Waals surface area contributed by atoms with Gasteiger partial charge in [0.05, 0.1) is 13.2 Å². The third-order valence-corrected chi connectivity index (χ3v) is 8.17. The Labute approximate surface area is 212 Å². The number of carbonyl (C=O) groups excluding carboxylic acids is 1. The summed E-state index contributed by atoms with van der Waals surface area (Å²) in [6.07, 6.45) is 4.03. The number of anilines is 2. The maximum absolute atomic E-state index is 14.3. The Kier molecular flexibility index (Phi) is 6.79. The number of hydrogen-bond donors (Lipinski definition) is 1. The molecule has 6 rings (SSSR count). The smallest absolute Gasteiger partial charge is 0.280 e. The Bertz CT molecular complexity index is 1240. The molecular formula is C25H29FN6O3S. The SMILES string of the molecule is O=C(NC1CCOCC1)c1nc2c(N3CC(CCN4CCOCC4)c4cc(F)ccc43)ncnc2s1. The summed E-state index contributed by atoms with van der Waals surface area (Å²) in [7, 11) is 0. The van der Waals surface area contributed by atoms with Gasteiger partial charge in [-0.3, -0.25) is 9.69 Å². The Morgan fingerprint density at radius 1 is 1.14 bits per heavy atom. The second-order valence-electron chi connectivity index (χ2n) is 9.48. The van der Waals surface area contributed by atoms with Crippen LogP contribution in [0.1, 0.15) is 40.5 Å². The number of hydrogen-bond acceptors (Lipinski definition) is 9. The van der Waals surface area contributed by atoms with Crippen molar-refractivity contribution in [3.8, 4) is 0 Å². The number of fused-ring (bicyclic) bond motifs is 2. The second-order valence-corrected chi connectivity index (χ2v) is 10.5. The Balaban J connectivity index is 1.26. The van der Waals surface area contributed by atoms with E-state index in [4.69, 9.17) is 9.47 Å². The average Bonchev–Trinajstić information content (AvgIpc) is 3.50. The molecule has 0 saturated carbocycles. The number of ether oxygens (including phenoxy) is 2. The number of nitrogens with zero attached hydrogens (tertiary/aromatic N) is 5. The van der Waals surface area contributed by atoms with Crippen LogP contribution in [0, 0.1) is 5.82 Å². The number of rotatable bonds is 6. The van der Waals surface area contributed by atoms with Crippen molar-refractivity contribution in [1.82, 2.24) is 25.2 Å². The summed E-state index contributed by atoms with van der Waals surface area (Å²) in [5, 5.41) is 3.45. The van der Waals surface area contributed by atoms with Gasteiger partial charge in [-0.05, 0) is 49.6 Å². The molecule has 1 atom stereocenters. The quantitative estimate of drug-likeness (QED) is 0.539. The van der Waals surface area contributed by atoms with Crippen molar-refractivity contribution in [2.75, 3.05) is 57.5 Å². The van der Waals surface area contributed by atoms with E-state index in [0.29, 0.717) is 40.9 Å². The zero-order valence-electron chi connectivity index (χ0n) is 20.0. The Morgan fingerprint density at radius 2 is 1.94 bits per heavy atom. The molecule has 5 heterocycles. The van der Waals surface area contributed by atoms with Crippen molar-refractivity contribution in [1.29, 1.82) is 0 Å². The lowest BCUT2D eigenvalue weighted by atomic mass is 9.97. The monoisotopic (exact) mass is 512 g/mol. The minimum absolute atomic E-state index is 0.0939. The highest BCUT2D eigenvalue weighted by Gasteiger charge is 2.33. The van der Waals surface area contributed by atoms with Crippen LogP contribution in [-0.4, -0.2) is 84.4 Å². The molecule has 1 unspecified atom stereocenters. The van der Waals surface area contributed by atoms with E-state index < -0.39 is 0 Å². The van der Waals surface area contributed by atoms with Gasteiger partial charge in [0.25, 0.3) is 5.91 Å². The number of benzene rings is 1. The van der Waals surface area contributed by atoms with Crippen LogP contribution in [0.2, 0.25) is 0 Å². The maximum Gasteiger partial charge on any atom is 0.280 e. The molecule has 2 fully saturated rings. The van der Waals surface area contributed by atoms with Crippen molar-refractivity contribution in [3.05, 3.63) is 40.9 Å². The van der Waals surface area contributed by atoms with Crippen LogP contribution in [0.3, 0.4) is 0 Å². The molecule has 0 bridgehead atoms. The van der Waals surface area contributed by atoms with Crippen molar-refractivity contribution in [3.63, 3.8) is 0 Å². The van der Waals surface area contributed by atoms with E-state index in [9.17, 15) is 9.18 Å². The van der Waals surface area contributed by atoms with Crippen molar-refractivity contribution in [2.45, 2.75) is 31.2 Å². The molecule has 11 heteroatoms. The third-order valence-electron chi connectivity index (χ3n) is 7.20. The molecule has 3 aliphatic heterocycles. The zero-order chi connectivity index (χ0) is 24.5. The summed E-state index contributed by atoms with van der Waals surface area (Å²) in [4.78, 5) is 31.7. The lowest BCUT2D eigenvalue weighted by Crippen LogP contribution is -2.38. The minimum Gasteiger partial charge on any atom is -0.381 e. The molecule has 9 nitrogen and oxygen atoms in total. The maximum atomic E-state index is 14.3.